The van der Waals surface area contributed by atoms with Crippen molar-refractivity contribution in [3.63, 3.8) is 0 Å². The van der Waals surface area contributed by atoms with E-state index in [0.717, 1.165) is 18.4 Å². The number of alkyl halides is 1. The van der Waals surface area contributed by atoms with Gasteiger partial charge in [0.1, 0.15) is 6.17 Å². The highest BCUT2D eigenvalue weighted by molar-refractivity contribution is 5.56. The summed E-state index contributed by atoms with van der Waals surface area (Å²) in [5.41, 5.74) is 1.72. The van der Waals surface area contributed by atoms with Crippen LogP contribution in [-0.2, 0) is 6.42 Å². The molecule has 5 heteroatoms. The van der Waals surface area contributed by atoms with Gasteiger partial charge in [-0.3, -0.25) is 0 Å². The number of nitrogens with zero attached hydrogens (tertiary/aromatic N) is 2. The lowest BCUT2D eigenvalue weighted by atomic mass is 10.0. The number of hydrogen-bond donors (Lipinski definition) is 0. The molecular formula is C28H42F2N2O. The van der Waals surface area contributed by atoms with E-state index in [1.54, 1.807) is 12.1 Å². The van der Waals surface area contributed by atoms with Crippen LogP contribution in [0.3, 0.4) is 0 Å². The van der Waals surface area contributed by atoms with Gasteiger partial charge in [-0.25, -0.2) is 18.7 Å². The van der Waals surface area contributed by atoms with Gasteiger partial charge in [0.05, 0.1) is 6.61 Å². The molecule has 2 aromatic rings. The van der Waals surface area contributed by atoms with Crippen LogP contribution < -0.4 is 4.74 Å². The third-order valence-electron chi connectivity index (χ3n) is 5.99. The standard InChI is InChI=1S/C28H42F2N2O/c1-3-4-5-6-7-8-9-10-11-12-13-14-15-24-21-31-28(32-22-24)25-16-17-27(26(30)20-25)33-19-18-23(2)29/h16-17,20-23H,3-15,18-19H2,1-2H3. The number of ether oxygens (including phenoxy) is 1. The fraction of sp³-hybridized carbons (Fsp3) is 0.643. The predicted octanol–water partition coefficient (Wildman–Crippen LogP) is 8.65. The zero-order valence-electron chi connectivity index (χ0n) is 20.6. The number of benzene rings is 1. The molecule has 0 radical (unpaired) electrons. The van der Waals surface area contributed by atoms with Gasteiger partial charge in [0.25, 0.3) is 0 Å². The maximum Gasteiger partial charge on any atom is 0.165 e. The van der Waals surface area contributed by atoms with E-state index < -0.39 is 12.0 Å². The molecule has 0 fully saturated rings. The minimum Gasteiger partial charge on any atom is -0.490 e. The molecule has 1 atom stereocenters. The Kier molecular flexibility index (Phi) is 13.6. The summed E-state index contributed by atoms with van der Waals surface area (Å²) in [5.74, 6) is 0.141. The van der Waals surface area contributed by atoms with Gasteiger partial charge in [-0.15, -0.1) is 0 Å². The second-order valence-corrected chi connectivity index (χ2v) is 9.12. The van der Waals surface area contributed by atoms with Crippen molar-refractivity contribution < 1.29 is 13.5 Å². The zero-order valence-corrected chi connectivity index (χ0v) is 20.6. The van der Waals surface area contributed by atoms with Crippen molar-refractivity contribution in [3.05, 3.63) is 42.0 Å². The van der Waals surface area contributed by atoms with E-state index in [4.69, 9.17) is 4.74 Å². The molecule has 0 N–H and O–H groups in total. The number of aryl methyl sites for hydroxylation is 1. The smallest absolute Gasteiger partial charge is 0.165 e. The molecule has 33 heavy (non-hydrogen) atoms. The van der Waals surface area contributed by atoms with Crippen LogP contribution in [0, 0.1) is 5.82 Å². The molecule has 0 amide bonds. The van der Waals surface area contributed by atoms with E-state index in [2.05, 4.69) is 16.9 Å². The Morgan fingerprint density at radius 1 is 0.848 bits per heavy atom. The summed E-state index contributed by atoms with van der Waals surface area (Å²) in [6, 6.07) is 4.66. The molecular weight excluding hydrogens is 418 g/mol. The fourth-order valence-corrected chi connectivity index (χ4v) is 3.89. The lowest BCUT2D eigenvalue weighted by Gasteiger charge is -2.09. The molecule has 0 aliphatic carbocycles. The van der Waals surface area contributed by atoms with E-state index in [1.165, 1.54) is 83.6 Å². The highest BCUT2D eigenvalue weighted by atomic mass is 19.1. The van der Waals surface area contributed by atoms with Crippen LogP contribution in [0.25, 0.3) is 11.4 Å². The topological polar surface area (TPSA) is 35.0 Å². The largest absolute Gasteiger partial charge is 0.490 e. The van der Waals surface area contributed by atoms with E-state index in [9.17, 15) is 8.78 Å². The molecule has 0 saturated carbocycles. The maximum atomic E-state index is 14.3. The Balaban J connectivity index is 1.61. The van der Waals surface area contributed by atoms with Crippen molar-refractivity contribution in [1.82, 2.24) is 9.97 Å². The highest BCUT2D eigenvalue weighted by Crippen LogP contribution is 2.24. The Bertz CT molecular complexity index is 765. The summed E-state index contributed by atoms with van der Waals surface area (Å²) in [5, 5.41) is 0. The molecule has 3 nitrogen and oxygen atoms in total. The molecule has 0 aliphatic heterocycles. The summed E-state index contributed by atoms with van der Waals surface area (Å²) in [7, 11) is 0. The fourth-order valence-electron chi connectivity index (χ4n) is 3.89. The van der Waals surface area contributed by atoms with Crippen molar-refractivity contribution >= 4 is 0 Å². The van der Waals surface area contributed by atoms with E-state index in [0.29, 0.717) is 11.4 Å². The lowest BCUT2D eigenvalue weighted by Crippen LogP contribution is -2.05. The predicted molar refractivity (Wildman–Crippen MR) is 133 cm³/mol. The average molecular weight is 461 g/mol. The summed E-state index contributed by atoms with van der Waals surface area (Å²) in [6.45, 7) is 3.88. The molecule has 184 valence electrons. The molecule has 0 aliphatic rings. The molecule has 0 spiro atoms. The van der Waals surface area contributed by atoms with Gasteiger partial charge in [0, 0.05) is 24.4 Å². The number of halogens is 2. The summed E-state index contributed by atoms with van der Waals surface area (Å²) >= 11 is 0. The van der Waals surface area contributed by atoms with Crippen LogP contribution in [-0.4, -0.2) is 22.7 Å². The second-order valence-electron chi connectivity index (χ2n) is 9.12. The Morgan fingerprint density at radius 3 is 1.97 bits per heavy atom. The van der Waals surface area contributed by atoms with Gasteiger partial charge in [-0.1, -0.05) is 77.6 Å². The average Bonchev–Trinajstić information content (AvgIpc) is 2.81. The quantitative estimate of drug-likeness (QED) is 0.209. The number of unbranched alkanes of at least 4 members (excludes halogenated alkanes) is 11. The van der Waals surface area contributed by atoms with Gasteiger partial charge in [-0.05, 0) is 43.5 Å². The molecule has 2 rings (SSSR count). The zero-order chi connectivity index (χ0) is 23.7. The van der Waals surface area contributed by atoms with Gasteiger partial charge in [0.15, 0.2) is 17.4 Å². The van der Waals surface area contributed by atoms with Crippen molar-refractivity contribution in [2.24, 2.45) is 0 Å². The monoisotopic (exact) mass is 460 g/mol. The first-order valence-corrected chi connectivity index (χ1v) is 13.0. The number of rotatable bonds is 18. The van der Waals surface area contributed by atoms with Gasteiger partial charge >= 0.3 is 0 Å². The highest BCUT2D eigenvalue weighted by Gasteiger charge is 2.09. The number of hydrogen-bond acceptors (Lipinski definition) is 3. The first-order valence-electron chi connectivity index (χ1n) is 13.0. The minimum atomic E-state index is -0.964. The maximum absolute atomic E-state index is 14.3. The first kappa shape index (κ1) is 27.2. The van der Waals surface area contributed by atoms with Crippen LogP contribution in [0.4, 0.5) is 8.78 Å². The molecule has 0 bridgehead atoms. The van der Waals surface area contributed by atoms with Crippen LogP contribution in [0.15, 0.2) is 30.6 Å². The van der Waals surface area contributed by atoms with Crippen LogP contribution in [0.1, 0.15) is 103 Å². The lowest BCUT2D eigenvalue weighted by molar-refractivity contribution is 0.240. The van der Waals surface area contributed by atoms with E-state index in [-0.39, 0.29) is 18.8 Å². The molecule has 1 heterocycles. The minimum absolute atomic E-state index is 0.128. The first-order chi connectivity index (χ1) is 16.1. The Morgan fingerprint density at radius 2 is 1.42 bits per heavy atom. The van der Waals surface area contributed by atoms with E-state index in [1.807, 2.05) is 12.4 Å². The summed E-state index contributed by atoms with van der Waals surface area (Å²) in [4.78, 5) is 8.82. The third-order valence-corrected chi connectivity index (χ3v) is 5.99. The molecule has 1 aromatic heterocycles. The molecule has 1 unspecified atom stereocenters. The SMILES string of the molecule is CCCCCCCCCCCCCCc1cnc(-c2ccc(OCCC(C)F)c(F)c2)nc1. The van der Waals surface area contributed by atoms with Gasteiger partial charge in [0.2, 0.25) is 0 Å². The van der Waals surface area contributed by atoms with Crippen molar-refractivity contribution in [2.45, 2.75) is 110 Å². The molecule has 0 saturated heterocycles. The van der Waals surface area contributed by atoms with Gasteiger partial charge < -0.3 is 4.74 Å². The van der Waals surface area contributed by atoms with Crippen molar-refractivity contribution in [1.29, 1.82) is 0 Å². The summed E-state index contributed by atoms with van der Waals surface area (Å²) < 4.78 is 32.4. The van der Waals surface area contributed by atoms with Crippen LogP contribution in [0.2, 0.25) is 0 Å². The molecule has 1 aromatic carbocycles. The third kappa shape index (κ3) is 11.6. The Labute approximate surface area is 199 Å². The van der Waals surface area contributed by atoms with Crippen molar-refractivity contribution in [2.75, 3.05) is 6.61 Å². The van der Waals surface area contributed by atoms with Crippen LogP contribution >= 0.6 is 0 Å². The van der Waals surface area contributed by atoms with Crippen molar-refractivity contribution in [3.8, 4) is 17.1 Å². The van der Waals surface area contributed by atoms with E-state index >= 15 is 0 Å². The number of aromatic nitrogens is 2. The Hall–Kier alpha value is -2.04. The summed E-state index contributed by atoms with van der Waals surface area (Å²) in [6.07, 6.45) is 20.0. The van der Waals surface area contributed by atoms with Gasteiger partial charge in [-0.2, -0.15) is 0 Å². The second kappa shape index (κ2) is 16.6. The van der Waals surface area contributed by atoms with Crippen LogP contribution in [0.5, 0.6) is 5.75 Å². The normalized spacial score (nSPS) is 12.1.